The predicted octanol–water partition coefficient (Wildman–Crippen LogP) is 3.35. The maximum Gasteiger partial charge on any atom is 0.421 e. The number of Topliss-reactive ketones (excluding diaryl/α,β-unsaturated/α-hetero) is 1. The summed E-state index contributed by atoms with van der Waals surface area (Å²) < 4.78 is 40.6. The van der Waals surface area contributed by atoms with Crippen molar-refractivity contribution < 1.29 is 23.1 Å². The van der Waals surface area contributed by atoms with Gasteiger partial charge in [0.1, 0.15) is 17.0 Å². The van der Waals surface area contributed by atoms with Crippen LogP contribution in [0.3, 0.4) is 0 Å². The van der Waals surface area contributed by atoms with E-state index in [1.807, 2.05) is 23.1 Å². The van der Waals surface area contributed by atoms with Crippen molar-refractivity contribution in [2.24, 2.45) is 5.92 Å². The molecule has 8 nitrogen and oxygen atoms in total. The van der Waals surface area contributed by atoms with Gasteiger partial charge >= 0.3 is 6.18 Å². The molecule has 0 aliphatic carbocycles. The van der Waals surface area contributed by atoms with Crippen LogP contribution in [-0.4, -0.2) is 64.1 Å². The monoisotopic (exact) mass is 506 g/mol. The Morgan fingerprint density at radius 1 is 1.28 bits per heavy atom. The lowest BCUT2D eigenvalue weighted by molar-refractivity contribution is -0.137. The van der Waals surface area contributed by atoms with Gasteiger partial charge in [-0.05, 0) is 75.4 Å². The average Bonchev–Trinajstić information content (AvgIpc) is 2.82. The maximum absolute atomic E-state index is 13.5. The van der Waals surface area contributed by atoms with Crippen LogP contribution < -0.4 is 16.0 Å². The van der Waals surface area contributed by atoms with Gasteiger partial charge < -0.3 is 21.1 Å². The molecule has 1 saturated heterocycles. The maximum atomic E-state index is 13.5. The van der Waals surface area contributed by atoms with Gasteiger partial charge in [0.2, 0.25) is 5.95 Å². The molecule has 4 rings (SSSR count). The molecule has 4 N–H and O–H groups in total. The fraction of sp³-hybridized carbons (Fsp3) is 0.560. The van der Waals surface area contributed by atoms with Gasteiger partial charge in [-0.15, -0.1) is 0 Å². The number of anilines is 3. The highest BCUT2D eigenvalue weighted by Gasteiger charge is 2.35. The first-order valence-electron chi connectivity index (χ1n) is 12.2. The van der Waals surface area contributed by atoms with Crippen LogP contribution in [0.15, 0.2) is 24.4 Å². The van der Waals surface area contributed by atoms with E-state index in [1.54, 1.807) is 0 Å². The number of carbonyl (C=O) groups is 1. The van der Waals surface area contributed by atoms with Gasteiger partial charge in [0.15, 0.2) is 5.78 Å². The normalized spacial score (nSPS) is 19.0. The van der Waals surface area contributed by atoms with Crippen LogP contribution in [0.4, 0.5) is 30.6 Å². The lowest BCUT2D eigenvalue weighted by Crippen LogP contribution is -2.42. The molecule has 36 heavy (non-hydrogen) atoms. The Bertz CT molecular complexity index is 1080. The van der Waals surface area contributed by atoms with Gasteiger partial charge in [0.25, 0.3) is 0 Å². The van der Waals surface area contributed by atoms with Crippen molar-refractivity contribution in [3.63, 3.8) is 0 Å². The summed E-state index contributed by atoms with van der Waals surface area (Å²) in [7, 11) is 0. The Hall–Kier alpha value is -2.76. The molecule has 2 aliphatic heterocycles. The summed E-state index contributed by atoms with van der Waals surface area (Å²) >= 11 is 0. The fourth-order valence-electron chi connectivity index (χ4n) is 4.47. The van der Waals surface area contributed by atoms with Crippen molar-refractivity contribution >= 4 is 23.2 Å². The molecule has 1 aromatic carbocycles. The number of benzene rings is 1. The van der Waals surface area contributed by atoms with Gasteiger partial charge in [-0.25, -0.2) is 4.98 Å². The summed E-state index contributed by atoms with van der Waals surface area (Å²) in [6.07, 6.45) is -1.08. The highest BCUT2D eigenvalue weighted by atomic mass is 19.4. The molecule has 0 saturated carbocycles. The number of rotatable bonds is 8. The number of halogens is 3. The second kappa shape index (κ2) is 10.7. The number of aromatic nitrogens is 2. The molecular weight excluding hydrogens is 473 g/mol. The van der Waals surface area contributed by atoms with Crippen molar-refractivity contribution in [1.82, 2.24) is 20.2 Å². The fourth-order valence-corrected chi connectivity index (χ4v) is 4.47. The molecule has 3 heterocycles. The average molecular weight is 507 g/mol. The number of hydrogen-bond donors (Lipinski definition) is 4. The zero-order valence-corrected chi connectivity index (χ0v) is 20.6. The smallest absolute Gasteiger partial charge is 0.383 e. The van der Waals surface area contributed by atoms with E-state index in [0.717, 1.165) is 43.3 Å². The zero-order valence-electron chi connectivity index (χ0n) is 20.6. The van der Waals surface area contributed by atoms with E-state index in [0.29, 0.717) is 31.7 Å². The summed E-state index contributed by atoms with van der Waals surface area (Å²) in [5.41, 5.74) is 0.575. The van der Waals surface area contributed by atoms with Crippen molar-refractivity contribution in [3.8, 4) is 0 Å². The van der Waals surface area contributed by atoms with Gasteiger partial charge in [-0.3, -0.25) is 9.69 Å². The number of alkyl halides is 3. The van der Waals surface area contributed by atoms with Gasteiger partial charge in [0, 0.05) is 31.5 Å². The molecule has 196 valence electrons. The van der Waals surface area contributed by atoms with Crippen molar-refractivity contribution in [2.75, 3.05) is 43.4 Å². The van der Waals surface area contributed by atoms with E-state index in [2.05, 4.69) is 25.9 Å². The molecule has 1 fully saturated rings. The standard InChI is InChI=1S/C25H33F3N6O2/c1-24(2,36)21(35)15-34-9-7-17-10-19(6-5-18(17)14-34)32-23-31-13-20(25(26,27)28)22(33-23)30-12-16-4-3-8-29-11-16/h5-6,10,13,16,29,36H,3-4,7-9,11-12,14-15H2,1-2H3,(H2,30,31,32,33)/t16-/m1/s1. The number of carbonyl (C=O) groups excluding carboxylic acids is 1. The lowest BCUT2D eigenvalue weighted by Gasteiger charge is -2.30. The largest absolute Gasteiger partial charge is 0.421 e. The number of fused-ring (bicyclic) bond motifs is 1. The summed E-state index contributed by atoms with van der Waals surface area (Å²) in [6.45, 7) is 6.50. The van der Waals surface area contributed by atoms with E-state index in [9.17, 15) is 23.1 Å². The zero-order chi connectivity index (χ0) is 25.9. The SMILES string of the molecule is CC(C)(O)C(=O)CN1CCc2cc(Nc3ncc(C(F)(F)F)c(NC[C@@H]4CCCNC4)n3)ccc2C1. The quantitative estimate of drug-likeness (QED) is 0.433. The number of nitrogens with zero attached hydrogens (tertiary/aromatic N) is 3. The second-order valence-corrected chi connectivity index (χ2v) is 10.1. The Morgan fingerprint density at radius 3 is 2.78 bits per heavy atom. The Morgan fingerprint density at radius 2 is 2.08 bits per heavy atom. The minimum absolute atomic E-state index is 0.0837. The highest BCUT2D eigenvalue weighted by Crippen LogP contribution is 2.34. The minimum atomic E-state index is -4.56. The third kappa shape index (κ3) is 6.71. The topological polar surface area (TPSA) is 102 Å². The number of aliphatic hydroxyl groups is 1. The molecule has 0 amide bonds. The van der Waals surface area contributed by atoms with Crippen LogP contribution >= 0.6 is 0 Å². The van der Waals surface area contributed by atoms with Gasteiger partial charge in [0.05, 0.1) is 6.54 Å². The Labute approximate surface area is 208 Å². The van der Waals surface area contributed by atoms with Crippen LogP contribution in [-0.2, 0) is 23.9 Å². The molecule has 1 atom stereocenters. The van der Waals surface area contributed by atoms with Crippen LogP contribution in [0.25, 0.3) is 0 Å². The Kier molecular flexibility index (Phi) is 7.82. The van der Waals surface area contributed by atoms with Gasteiger partial charge in [-0.1, -0.05) is 6.07 Å². The highest BCUT2D eigenvalue weighted by molar-refractivity contribution is 5.88. The molecule has 0 bridgehead atoms. The lowest BCUT2D eigenvalue weighted by atomic mass is 9.97. The van der Waals surface area contributed by atoms with Gasteiger partial charge in [-0.2, -0.15) is 18.2 Å². The first-order valence-corrected chi connectivity index (χ1v) is 12.2. The third-order valence-corrected chi connectivity index (χ3v) is 6.65. The van der Waals surface area contributed by atoms with Crippen molar-refractivity contribution in [1.29, 1.82) is 0 Å². The van der Waals surface area contributed by atoms with E-state index >= 15 is 0 Å². The van der Waals surface area contributed by atoms with E-state index in [1.165, 1.54) is 13.8 Å². The summed E-state index contributed by atoms with van der Waals surface area (Å²) in [4.78, 5) is 22.2. The van der Waals surface area contributed by atoms with E-state index < -0.39 is 17.3 Å². The molecule has 2 aliphatic rings. The molecule has 0 radical (unpaired) electrons. The summed E-state index contributed by atoms with van der Waals surface area (Å²) in [5, 5.41) is 19.1. The molecular formula is C25H33F3N6O2. The molecule has 0 unspecified atom stereocenters. The number of hydrogen-bond acceptors (Lipinski definition) is 8. The van der Waals surface area contributed by atoms with Crippen LogP contribution in [0.1, 0.15) is 43.4 Å². The van der Waals surface area contributed by atoms with Crippen molar-refractivity contribution in [2.45, 2.75) is 51.4 Å². The van der Waals surface area contributed by atoms with E-state index in [4.69, 9.17) is 0 Å². The number of nitrogens with one attached hydrogen (secondary N) is 3. The summed E-state index contributed by atoms with van der Waals surface area (Å²) in [5.74, 6) is -0.130. The third-order valence-electron chi connectivity index (χ3n) is 6.65. The molecule has 0 spiro atoms. The number of piperidine rings is 1. The van der Waals surface area contributed by atoms with Crippen LogP contribution in [0.5, 0.6) is 0 Å². The van der Waals surface area contributed by atoms with Crippen LogP contribution in [0.2, 0.25) is 0 Å². The predicted molar refractivity (Wildman–Crippen MR) is 131 cm³/mol. The van der Waals surface area contributed by atoms with Crippen molar-refractivity contribution in [3.05, 3.63) is 41.1 Å². The minimum Gasteiger partial charge on any atom is -0.383 e. The van der Waals surface area contributed by atoms with Crippen LogP contribution in [0, 0.1) is 5.92 Å². The Balaban J connectivity index is 1.45. The first kappa shape index (κ1) is 26.3. The summed E-state index contributed by atoms with van der Waals surface area (Å²) in [6, 6.07) is 5.69. The van der Waals surface area contributed by atoms with E-state index in [-0.39, 0.29) is 30.0 Å². The molecule has 2 aromatic rings. The molecule has 11 heteroatoms. The second-order valence-electron chi connectivity index (χ2n) is 10.1. The molecule has 1 aromatic heterocycles. The first-order chi connectivity index (χ1) is 17.0. The number of ketones is 1.